The Morgan fingerprint density at radius 2 is 1.96 bits per heavy atom. The molecule has 1 rings (SSSR count). The van der Waals surface area contributed by atoms with Crippen molar-refractivity contribution < 1.29 is 19.4 Å². The molecule has 0 radical (unpaired) electrons. The minimum atomic E-state index is -0.868. The van der Waals surface area contributed by atoms with Gasteiger partial charge in [-0.3, -0.25) is 4.79 Å². The number of phenolic OH excluding ortho intramolecular Hbond substituents is 1. The summed E-state index contributed by atoms with van der Waals surface area (Å²) in [5.74, 6) is -0.173. The van der Waals surface area contributed by atoms with E-state index in [1.807, 2.05) is 19.9 Å². The largest absolute Gasteiger partial charge is 0.508 e. The van der Waals surface area contributed by atoms with Gasteiger partial charge in [0.2, 0.25) is 5.91 Å². The second-order valence-electron chi connectivity index (χ2n) is 5.44. The fourth-order valence-electron chi connectivity index (χ4n) is 1.75. The summed E-state index contributed by atoms with van der Waals surface area (Å²) in [7, 11) is 0. The van der Waals surface area contributed by atoms with Gasteiger partial charge in [0.05, 0.1) is 12.7 Å². The van der Waals surface area contributed by atoms with Crippen LogP contribution in [0.1, 0.15) is 19.4 Å². The zero-order valence-electron chi connectivity index (χ0n) is 13.2. The molecule has 0 aliphatic heterocycles. The van der Waals surface area contributed by atoms with E-state index < -0.39 is 18.0 Å². The van der Waals surface area contributed by atoms with E-state index in [9.17, 15) is 14.7 Å². The number of amides is 2. The van der Waals surface area contributed by atoms with Crippen LogP contribution in [0.25, 0.3) is 0 Å². The molecule has 0 fully saturated rings. The van der Waals surface area contributed by atoms with E-state index in [0.29, 0.717) is 0 Å². The number of aromatic hydroxyl groups is 1. The topological polar surface area (TPSA) is 111 Å². The quantitative estimate of drug-likeness (QED) is 0.656. The van der Waals surface area contributed by atoms with Crippen LogP contribution in [0, 0.1) is 17.2 Å². The SMILES string of the molecule is CC(C)COC(=O)NC(Cc1ccc(O)cc1)C(=O)NCC#N. The zero-order chi connectivity index (χ0) is 17.2. The number of benzene rings is 1. The molecule has 0 aliphatic rings. The van der Waals surface area contributed by atoms with E-state index in [-0.39, 0.29) is 31.2 Å². The second kappa shape index (κ2) is 9.30. The van der Waals surface area contributed by atoms with Gasteiger partial charge < -0.3 is 20.5 Å². The van der Waals surface area contributed by atoms with Crippen molar-refractivity contribution in [3.05, 3.63) is 29.8 Å². The molecule has 0 heterocycles. The Morgan fingerprint density at radius 3 is 2.52 bits per heavy atom. The van der Waals surface area contributed by atoms with Gasteiger partial charge >= 0.3 is 6.09 Å². The molecule has 1 atom stereocenters. The van der Waals surface area contributed by atoms with E-state index in [0.717, 1.165) is 5.56 Å². The van der Waals surface area contributed by atoms with Crippen molar-refractivity contribution >= 4 is 12.0 Å². The third kappa shape index (κ3) is 7.18. The summed E-state index contributed by atoms with van der Waals surface area (Å²) in [6.07, 6.45) is -0.469. The second-order valence-corrected chi connectivity index (χ2v) is 5.44. The normalized spacial score (nSPS) is 11.4. The Hall–Kier alpha value is -2.75. The summed E-state index contributed by atoms with van der Waals surface area (Å²) in [6, 6.07) is 7.24. The van der Waals surface area contributed by atoms with E-state index >= 15 is 0 Å². The van der Waals surface area contributed by atoms with Crippen LogP contribution in [0.5, 0.6) is 5.75 Å². The number of nitrogens with zero attached hydrogens (tertiary/aromatic N) is 1. The molecule has 7 nitrogen and oxygen atoms in total. The molecule has 0 aromatic heterocycles. The molecular formula is C16H21N3O4. The van der Waals surface area contributed by atoms with Crippen molar-refractivity contribution in [3.63, 3.8) is 0 Å². The molecule has 0 saturated carbocycles. The van der Waals surface area contributed by atoms with Gasteiger partial charge in [-0.2, -0.15) is 5.26 Å². The van der Waals surface area contributed by atoms with Gasteiger partial charge in [0.15, 0.2) is 0 Å². The first kappa shape index (κ1) is 18.3. The highest BCUT2D eigenvalue weighted by Gasteiger charge is 2.21. The van der Waals surface area contributed by atoms with Crippen molar-refractivity contribution in [1.29, 1.82) is 5.26 Å². The van der Waals surface area contributed by atoms with Crippen molar-refractivity contribution in [3.8, 4) is 11.8 Å². The first-order valence-electron chi connectivity index (χ1n) is 7.28. The van der Waals surface area contributed by atoms with Crippen molar-refractivity contribution in [2.75, 3.05) is 13.2 Å². The Kier molecular flexibility index (Phi) is 7.40. The predicted molar refractivity (Wildman–Crippen MR) is 83.5 cm³/mol. The summed E-state index contributed by atoms with van der Waals surface area (Å²) in [4.78, 5) is 23.8. The van der Waals surface area contributed by atoms with Crippen molar-refractivity contribution in [2.24, 2.45) is 5.92 Å². The average Bonchev–Trinajstić information content (AvgIpc) is 2.52. The first-order chi connectivity index (χ1) is 10.9. The van der Waals surface area contributed by atoms with Gasteiger partial charge in [-0.05, 0) is 23.6 Å². The lowest BCUT2D eigenvalue weighted by Gasteiger charge is -2.18. The lowest BCUT2D eigenvalue weighted by atomic mass is 10.1. The lowest BCUT2D eigenvalue weighted by Crippen LogP contribution is -2.48. The molecule has 1 aromatic carbocycles. The first-order valence-corrected chi connectivity index (χ1v) is 7.28. The van der Waals surface area contributed by atoms with Crippen LogP contribution in [0.15, 0.2) is 24.3 Å². The number of carbonyl (C=O) groups is 2. The summed E-state index contributed by atoms with van der Waals surface area (Å²) in [6.45, 7) is 3.91. The van der Waals surface area contributed by atoms with E-state index in [4.69, 9.17) is 10.00 Å². The Labute approximate surface area is 135 Å². The van der Waals surface area contributed by atoms with E-state index in [1.54, 1.807) is 12.1 Å². The van der Waals surface area contributed by atoms with Gasteiger partial charge in [0, 0.05) is 6.42 Å². The van der Waals surface area contributed by atoms with Gasteiger partial charge in [-0.25, -0.2) is 4.79 Å². The van der Waals surface area contributed by atoms with Gasteiger partial charge in [-0.15, -0.1) is 0 Å². The third-order valence-corrected chi connectivity index (χ3v) is 2.87. The fraction of sp³-hybridized carbons (Fsp3) is 0.438. The average molecular weight is 319 g/mol. The summed E-state index contributed by atoms with van der Waals surface area (Å²) < 4.78 is 5.01. The molecule has 0 saturated heterocycles. The van der Waals surface area contributed by atoms with Crippen LogP contribution in [0.2, 0.25) is 0 Å². The maximum atomic E-state index is 12.1. The molecule has 0 bridgehead atoms. The Morgan fingerprint density at radius 1 is 1.30 bits per heavy atom. The molecule has 0 spiro atoms. The molecule has 7 heteroatoms. The monoisotopic (exact) mass is 319 g/mol. The van der Waals surface area contributed by atoms with Gasteiger partial charge in [0.25, 0.3) is 0 Å². The maximum absolute atomic E-state index is 12.1. The third-order valence-electron chi connectivity index (χ3n) is 2.87. The highest BCUT2D eigenvalue weighted by molar-refractivity contribution is 5.86. The number of hydrogen-bond donors (Lipinski definition) is 3. The lowest BCUT2D eigenvalue weighted by molar-refractivity contribution is -0.122. The number of nitriles is 1. The van der Waals surface area contributed by atoms with Crippen LogP contribution >= 0.6 is 0 Å². The molecule has 2 amide bonds. The summed E-state index contributed by atoms with van der Waals surface area (Å²) in [5.41, 5.74) is 0.754. The summed E-state index contributed by atoms with van der Waals surface area (Å²) >= 11 is 0. The number of alkyl carbamates (subject to hydrolysis) is 1. The molecule has 1 aromatic rings. The smallest absolute Gasteiger partial charge is 0.407 e. The highest BCUT2D eigenvalue weighted by Crippen LogP contribution is 2.11. The van der Waals surface area contributed by atoms with Crippen molar-refractivity contribution in [1.82, 2.24) is 10.6 Å². The number of phenols is 1. The van der Waals surface area contributed by atoms with Gasteiger partial charge in [-0.1, -0.05) is 26.0 Å². The summed E-state index contributed by atoms with van der Waals surface area (Å²) in [5, 5.41) is 22.7. The van der Waals surface area contributed by atoms with Crippen LogP contribution < -0.4 is 10.6 Å². The number of rotatable bonds is 7. The molecule has 1 unspecified atom stereocenters. The van der Waals surface area contributed by atoms with Crippen molar-refractivity contribution in [2.45, 2.75) is 26.3 Å². The number of carbonyl (C=O) groups excluding carboxylic acids is 2. The minimum absolute atomic E-state index is 0.114. The maximum Gasteiger partial charge on any atom is 0.407 e. The molecular weight excluding hydrogens is 298 g/mol. The van der Waals surface area contributed by atoms with Crippen LogP contribution in [0.3, 0.4) is 0 Å². The molecule has 3 N–H and O–H groups in total. The Bertz CT molecular complexity index is 564. The predicted octanol–water partition coefficient (Wildman–Crippen LogP) is 1.33. The van der Waals surface area contributed by atoms with E-state index in [1.165, 1.54) is 12.1 Å². The minimum Gasteiger partial charge on any atom is -0.508 e. The standard InChI is InChI=1S/C16H21N3O4/c1-11(2)10-23-16(22)19-14(15(21)18-8-7-17)9-12-3-5-13(20)6-4-12/h3-6,11,14,20H,8-10H2,1-2H3,(H,18,21)(H,19,22). The zero-order valence-corrected chi connectivity index (χ0v) is 13.2. The Balaban J connectivity index is 2.72. The fourth-order valence-corrected chi connectivity index (χ4v) is 1.75. The molecule has 124 valence electrons. The van der Waals surface area contributed by atoms with Crippen LogP contribution in [-0.4, -0.2) is 36.3 Å². The number of ether oxygens (including phenoxy) is 1. The van der Waals surface area contributed by atoms with Crippen LogP contribution in [0.4, 0.5) is 4.79 Å². The molecule has 0 aliphatic carbocycles. The van der Waals surface area contributed by atoms with Gasteiger partial charge in [0.1, 0.15) is 18.3 Å². The van der Waals surface area contributed by atoms with Crippen LogP contribution in [-0.2, 0) is 16.0 Å². The molecule has 23 heavy (non-hydrogen) atoms. The number of nitrogens with one attached hydrogen (secondary N) is 2. The van der Waals surface area contributed by atoms with E-state index in [2.05, 4.69) is 10.6 Å². The number of hydrogen-bond acceptors (Lipinski definition) is 5. The highest BCUT2D eigenvalue weighted by atomic mass is 16.5.